The Morgan fingerprint density at radius 1 is 1.14 bits per heavy atom. The molecule has 0 aliphatic carbocycles. The van der Waals surface area contributed by atoms with Crippen LogP contribution in [0.1, 0.15) is 15.9 Å². The van der Waals surface area contributed by atoms with E-state index in [-0.39, 0.29) is 16.8 Å². The first-order chi connectivity index (χ1) is 10.6. The van der Waals surface area contributed by atoms with Gasteiger partial charge in [0.2, 0.25) is 5.91 Å². The van der Waals surface area contributed by atoms with Crippen LogP contribution in [-0.4, -0.2) is 17.9 Å². The lowest BCUT2D eigenvalue weighted by molar-refractivity contribution is -0.118. The van der Waals surface area contributed by atoms with Crippen molar-refractivity contribution >= 4 is 40.7 Å². The number of hydrogen-bond donors (Lipinski definition) is 2. The van der Waals surface area contributed by atoms with Gasteiger partial charge in [-0.25, -0.2) is 0 Å². The van der Waals surface area contributed by atoms with E-state index in [1.165, 1.54) is 0 Å². The molecule has 2 aromatic rings. The zero-order valence-corrected chi connectivity index (χ0v) is 12.9. The van der Waals surface area contributed by atoms with Gasteiger partial charge in [0.05, 0.1) is 15.7 Å². The number of fused-ring (bicyclic) bond motifs is 1. The van der Waals surface area contributed by atoms with Crippen molar-refractivity contribution in [1.29, 1.82) is 0 Å². The molecule has 1 aliphatic heterocycles. The molecule has 2 aromatic carbocycles. The molecule has 0 bridgehead atoms. The van der Waals surface area contributed by atoms with Crippen LogP contribution in [0.2, 0.25) is 10.0 Å². The summed E-state index contributed by atoms with van der Waals surface area (Å²) < 4.78 is 0. The molecule has 0 saturated carbocycles. The molecule has 0 spiro atoms. The van der Waals surface area contributed by atoms with Gasteiger partial charge in [-0.2, -0.15) is 0 Å². The van der Waals surface area contributed by atoms with E-state index in [2.05, 4.69) is 10.6 Å². The van der Waals surface area contributed by atoms with Crippen LogP contribution < -0.4 is 10.6 Å². The van der Waals surface area contributed by atoms with Gasteiger partial charge in [0.1, 0.15) is 6.04 Å². The van der Waals surface area contributed by atoms with Gasteiger partial charge in [-0.1, -0.05) is 47.5 Å². The predicted molar refractivity (Wildman–Crippen MR) is 86.5 cm³/mol. The Balaban J connectivity index is 1.80. The molecule has 0 aromatic heterocycles. The van der Waals surface area contributed by atoms with Gasteiger partial charge in [0, 0.05) is 12.0 Å². The highest BCUT2D eigenvalue weighted by molar-refractivity contribution is 6.44. The van der Waals surface area contributed by atoms with Gasteiger partial charge >= 0.3 is 0 Å². The van der Waals surface area contributed by atoms with Crippen molar-refractivity contribution in [3.63, 3.8) is 0 Å². The maximum Gasteiger partial charge on any atom is 0.252 e. The second kappa shape index (κ2) is 5.99. The predicted octanol–water partition coefficient (Wildman–Crippen LogP) is 3.29. The van der Waals surface area contributed by atoms with Gasteiger partial charge in [-0.3, -0.25) is 9.59 Å². The standard InChI is InChI=1S/C16H12Cl2N2O2/c17-11-6-3-7-12(14(11)18)19-16(22)13-8-9-4-1-2-5-10(9)15(21)20-13/h1-7,13H,8H2,(H,19,22)(H,20,21). The molecule has 1 heterocycles. The van der Waals surface area contributed by atoms with Gasteiger partial charge in [0.15, 0.2) is 0 Å². The smallest absolute Gasteiger partial charge is 0.252 e. The average Bonchev–Trinajstić information content (AvgIpc) is 2.52. The van der Waals surface area contributed by atoms with Crippen LogP contribution in [0.15, 0.2) is 42.5 Å². The fourth-order valence-corrected chi connectivity index (χ4v) is 2.75. The maximum atomic E-state index is 12.4. The Hall–Kier alpha value is -2.04. The van der Waals surface area contributed by atoms with Crippen LogP contribution in [0.3, 0.4) is 0 Å². The molecule has 1 aliphatic rings. The topological polar surface area (TPSA) is 58.2 Å². The van der Waals surface area contributed by atoms with Crippen LogP contribution in [0.4, 0.5) is 5.69 Å². The Morgan fingerprint density at radius 2 is 1.91 bits per heavy atom. The third-order valence-electron chi connectivity index (χ3n) is 3.52. The first-order valence-corrected chi connectivity index (χ1v) is 7.45. The number of hydrogen-bond acceptors (Lipinski definition) is 2. The van der Waals surface area contributed by atoms with Gasteiger partial charge < -0.3 is 10.6 Å². The number of anilines is 1. The van der Waals surface area contributed by atoms with Gasteiger partial charge in [-0.15, -0.1) is 0 Å². The van der Waals surface area contributed by atoms with Crippen LogP contribution in [0, 0.1) is 0 Å². The minimum atomic E-state index is -0.641. The molecule has 0 saturated heterocycles. The van der Waals surface area contributed by atoms with Crippen LogP contribution in [0.5, 0.6) is 0 Å². The van der Waals surface area contributed by atoms with Gasteiger partial charge in [0.25, 0.3) is 5.91 Å². The van der Waals surface area contributed by atoms with Crippen LogP contribution in [-0.2, 0) is 11.2 Å². The average molecular weight is 335 g/mol. The Bertz CT molecular complexity index is 762. The zero-order valence-electron chi connectivity index (χ0n) is 11.4. The molecular formula is C16H12Cl2N2O2. The van der Waals surface area contributed by atoms with Crippen LogP contribution in [0.25, 0.3) is 0 Å². The summed E-state index contributed by atoms with van der Waals surface area (Å²) in [7, 11) is 0. The van der Waals surface area contributed by atoms with Crippen molar-refractivity contribution in [2.24, 2.45) is 0 Å². The van der Waals surface area contributed by atoms with Crippen molar-refractivity contribution in [2.75, 3.05) is 5.32 Å². The monoisotopic (exact) mass is 334 g/mol. The largest absolute Gasteiger partial charge is 0.340 e. The fraction of sp³-hybridized carbons (Fsp3) is 0.125. The van der Waals surface area contributed by atoms with Crippen molar-refractivity contribution in [2.45, 2.75) is 12.5 Å². The molecule has 4 nitrogen and oxygen atoms in total. The highest BCUT2D eigenvalue weighted by Gasteiger charge is 2.29. The molecule has 22 heavy (non-hydrogen) atoms. The Morgan fingerprint density at radius 3 is 2.73 bits per heavy atom. The molecule has 0 radical (unpaired) electrons. The number of rotatable bonds is 2. The van der Waals surface area contributed by atoms with Crippen molar-refractivity contribution in [3.8, 4) is 0 Å². The van der Waals surface area contributed by atoms with E-state index in [9.17, 15) is 9.59 Å². The summed E-state index contributed by atoms with van der Waals surface area (Å²) in [4.78, 5) is 24.4. The molecular weight excluding hydrogens is 323 g/mol. The minimum absolute atomic E-state index is 0.251. The SMILES string of the molecule is O=C1NC(C(=O)Nc2cccc(Cl)c2Cl)Cc2ccccc21. The maximum absolute atomic E-state index is 12.4. The number of halogens is 2. The summed E-state index contributed by atoms with van der Waals surface area (Å²) in [5, 5.41) is 6.04. The molecule has 3 rings (SSSR count). The zero-order chi connectivity index (χ0) is 15.7. The summed E-state index contributed by atoms with van der Waals surface area (Å²) in [6, 6.07) is 11.6. The number of nitrogens with one attached hydrogen (secondary N) is 2. The molecule has 2 amide bonds. The second-order valence-electron chi connectivity index (χ2n) is 4.98. The normalized spacial score (nSPS) is 16.6. The number of benzene rings is 2. The molecule has 1 atom stereocenters. The van der Waals surface area contributed by atoms with E-state index in [4.69, 9.17) is 23.2 Å². The molecule has 112 valence electrons. The Labute approximate surface area is 137 Å². The first-order valence-electron chi connectivity index (χ1n) is 6.70. The summed E-state index contributed by atoms with van der Waals surface area (Å²) in [5.74, 6) is -0.578. The summed E-state index contributed by atoms with van der Waals surface area (Å²) in [6.07, 6.45) is 0.436. The van der Waals surface area contributed by atoms with E-state index in [0.717, 1.165) is 5.56 Å². The van der Waals surface area contributed by atoms with E-state index in [1.807, 2.05) is 12.1 Å². The summed E-state index contributed by atoms with van der Waals surface area (Å²) in [6.45, 7) is 0. The highest BCUT2D eigenvalue weighted by Crippen LogP contribution is 2.29. The van der Waals surface area contributed by atoms with Crippen molar-refractivity contribution in [1.82, 2.24) is 5.32 Å². The molecule has 0 fully saturated rings. The summed E-state index contributed by atoms with van der Waals surface area (Å²) >= 11 is 12.0. The second-order valence-corrected chi connectivity index (χ2v) is 5.76. The third-order valence-corrected chi connectivity index (χ3v) is 4.34. The third kappa shape index (κ3) is 2.80. The number of carbonyl (C=O) groups excluding carboxylic acids is 2. The van der Waals surface area contributed by atoms with E-state index in [0.29, 0.717) is 22.7 Å². The quantitative estimate of drug-likeness (QED) is 0.885. The highest BCUT2D eigenvalue weighted by atomic mass is 35.5. The molecule has 6 heteroatoms. The first kappa shape index (κ1) is 14.9. The van der Waals surface area contributed by atoms with Crippen molar-refractivity contribution < 1.29 is 9.59 Å². The Kier molecular flexibility index (Phi) is 4.05. The van der Waals surface area contributed by atoms with Crippen LogP contribution >= 0.6 is 23.2 Å². The lowest BCUT2D eigenvalue weighted by Gasteiger charge is -2.25. The van der Waals surface area contributed by atoms with E-state index >= 15 is 0 Å². The lowest BCUT2D eigenvalue weighted by Crippen LogP contribution is -2.48. The van der Waals surface area contributed by atoms with Gasteiger partial charge in [-0.05, 0) is 23.8 Å². The molecule has 1 unspecified atom stereocenters. The minimum Gasteiger partial charge on any atom is -0.340 e. The van der Waals surface area contributed by atoms with Crippen molar-refractivity contribution in [3.05, 3.63) is 63.6 Å². The lowest BCUT2D eigenvalue weighted by atomic mass is 9.95. The number of amides is 2. The number of carbonyl (C=O) groups is 2. The van der Waals surface area contributed by atoms with E-state index in [1.54, 1.807) is 30.3 Å². The van der Waals surface area contributed by atoms with E-state index < -0.39 is 6.04 Å². The molecule has 2 N–H and O–H groups in total. The fourth-order valence-electron chi connectivity index (χ4n) is 2.41. The summed E-state index contributed by atoms with van der Waals surface area (Å²) in [5.41, 5.74) is 1.88.